The Labute approximate surface area is 119 Å². The van der Waals surface area contributed by atoms with Crippen molar-refractivity contribution in [1.29, 1.82) is 0 Å². The third-order valence-electron chi connectivity index (χ3n) is 3.05. The van der Waals surface area contributed by atoms with E-state index in [2.05, 4.69) is 34.6 Å². The van der Waals surface area contributed by atoms with E-state index in [9.17, 15) is 0 Å². The summed E-state index contributed by atoms with van der Waals surface area (Å²) in [6.45, 7) is 8.30. The molecule has 0 aliphatic carbocycles. The number of nitrogens with zero attached hydrogens (tertiary/aromatic N) is 2. The summed E-state index contributed by atoms with van der Waals surface area (Å²) in [4.78, 5) is 0. The van der Waals surface area contributed by atoms with Crippen LogP contribution in [0.1, 0.15) is 26.5 Å². The summed E-state index contributed by atoms with van der Waals surface area (Å²) in [5.74, 6) is 0. The third-order valence-corrected chi connectivity index (χ3v) is 3.05. The Morgan fingerprint density at radius 1 is 1.20 bits per heavy atom. The summed E-state index contributed by atoms with van der Waals surface area (Å²) >= 11 is 0. The van der Waals surface area contributed by atoms with Crippen LogP contribution in [0, 0.1) is 0 Å². The third kappa shape index (κ3) is 3.88. The van der Waals surface area contributed by atoms with E-state index in [0.717, 1.165) is 23.5 Å². The minimum Gasteiger partial charge on any atom is -0.375 e. The molecule has 2 rings (SSSR count). The highest BCUT2D eigenvalue weighted by Gasteiger charge is 2.17. The maximum absolute atomic E-state index is 5.66. The molecule has 0 radical (unpaired) electrons. The number of aromatic amines is 1. The molecule has 0 aliphatic heterocycles. The molecule has 0 bridgehead atoms. The van der Waals surface area contributed by atoms with Crippen molar-refractivity contribution in [1.82, 2.24) is 20.7 Å². The van der Waals surface area contributed by atoms with Crippen LogP contribution in [-0.2, 0) is 11.3 Å². The first-order chi connectivity index (χ1) is 9.62. The normalized spacial score (nSPS) is 11.8. The number of hydrogen-bond donors (Lipinski definition) is 2. The highest BCUT2D eigenvalue weighted by molar-refractivity contribution is 5.60. The van der Waals surface area contributed by atoms with E-state index in [1.54, 1.807) is 0 Å². The number of aromatic nitrogens is 3. The predicted molar refractivity (Wildman–Crippen MR) is 79.2 cm³/mol. The van der Waals surface area contributed by atoms with Crippen LogP contribution in [0.5, 0.6) is 0 Å². The number of benzene rings is 1. The first kappa shape index (κ1) is 14.7. The zero-order valence-corrected chi connectivity index (χ0v) is 12.3. The molecule has 0 aliphatic rings. The summed E-state index contributed by atoms with van der Waals surface area (Å²) in [6, 6.07) is 10.1. The Balaban J connectivity index is 1.97. The smallest absolute Gasteiger partial charge is 0.117 e. The average Bonchev–Trinajstić information content (AvgIpc) is 2.88. The van der Waals surface area contributed by atoms with E-state index >= 15 is 0 Å². The maximum atomic E-state index is 5.66. The standard InChI is InChI=1S/C15H22N4O/c1-4-20-15(2,3)11-16-10-13-14(18-19-17-13)12-8-6-5-7-9-12/h5-9,16H,4,10-11H2,1-3H3,(H,17,18,19). The minimum atomic E-state index is -0.175. The number of hydrogen-bond acceptors (Lipinski definition) is 4. The minimum absolute atomic E-state index is 0.175. The highest BCUT2D eigenvalue weighted by Crippen LogP contribution is 2.18. The van der Waals surface area contributed by atoms with Crippen molar-refractivity contribution < 1.29 is 4.74 Å². The SMILES string of the molecule is CCOC(C)(C)CNCc1n[nH]nc1-c1ccccc1. The lowest BCUT2D eigenvalue weighted by Crippen LogP contribution is -2.37. The molecule has 0 fully saturated rings. The van der Waals surface area contributed by atoms with Gasteiger partial charge in [0.05, 0.1) is 5.60 Å². The summed E-state index contributed by atoms with van der Waals surface area (Å²) in [7, 11) is 0. The van der Waals surface area contributed by atoms with Gasteiger partial charge in [-0.15, -0.1) is 0 Å². The van der Waals surface area contributed by atoms with Gasteiger partial charge in [0.1, 0.15) is 11.4 Å². The van der Waals surface area contributed by atoms with Gasteiger partial charge in [-0.2, -0.15) is 15.4 Å². The van der Waals surface area contributed by atoms with E-state index in [1.807, 2.05) is 37.3 Å². The molecule has 0 amide bonds. The van der Waals surface area contributed by atoms with Gasteiger partial charge in [0.25, 0.3) is 0 Å². The molecule has 2 N–H and O–H groups in total. The van der Waals surface area contributed by atoms with Crippen LogP contribution in [0.15, 0.2) is 30.3 Å². The Kier molecular flexibility index (Phi) is 4.87. The van der Waals surface area contributed by atoms with Gasteiger partial charge in [-0.3, -0.25) is 0 Å². The monoisotopic (exact) mass is 274 g/mol. The molecular formula is C15H22N4O. The molecule has 5 nitrogen and oxygen atoms in total. The van der Waals surface area contributed by atoms with Crippen molar-refractivity contribution >= 4 is 0 Å². The van der Waals surface area contributed by atoms with E-state index < -0.39 is 0 Å². The molecular weight excluding hydrogens is 252 g/mol. The molecule has 20 heavy (non-hydrogen) atoms. The second-order valence-corrected chi connectivity index (χ2v) is 5.28. The van der Waals surface area contributed by atoms with E-state index in [0.29, 0.717) is 13.2 Å². The molecule has 0 unspecified atom stereocenters. The van der Waals surface area contributed by atoms with Crippen LogP contribution in [0.25, 0.3) is 11.3 Å². The zero-order chi connectivity index (χ0) is 14.4. The molecule has 2 aromatic rings. The second kappa shape index (κ2) is 6.63. The summed E-state index contributed by atoms with van der Waals surface area (Å²) in [5, 5.41) is 14.5. The largest absolute Gasteiger partial charge is 0.375 e. The van der Waals surface area contributed by atoms with Gasteiger partial charge < -0.3 is 10.1 Å². The van der Waals surface area contributed by atoms with Gasteiger partial charge in [-0.05, 0) is 20.8 Å². The van der Waals surface area contributed by atoms with Crippen LogP contribution in [0.4, 0.5) is 0 Å². The van der Waals surface area contributed by atoms with Crippen molar-refractivity contribution in [2.45, 2.75) is 32.9 Å². The Bertz CT molecular complexity index is 522. The fourth-order valence-electron chi connectivity index (χ4n) is 2.13. The number of rotatable bonds is 7. The lowest BCUT2D eigenvalue weighted by Gasteiger charge is -2.24. The average molecular weight is 274 g/mol. The van der Waals surface area contributed by atoms with E-state index in [4.69, 9.17) is 4.74 Å². The molecule has 1 aromatic carbocycles. The Morgan fingerprint density at radius 2 is 1.95 bits per heavy atom. The number of nitrogens with one attached hydrogen (secondary N) is 2. The molecule has 0 atom stereocenters. The summed E-state index contributed by atoms with van der Waals surface area (Å²) in [5.41, 5.74) is 2.71. The first-order valence-electron chi connectivity index (χ1n) is 6.92. The molecule has 108 valence electrons. The second-order valence-electron chi connectivity index (χ2n) is 5.28. The van der Waals surface area contributed by atoms with Gasteiger partial charge in [0.2, 0.25) is 0 Å². The Morgan fingerprint density at radius 3 is 2.65 bits per heavy atom. The first-order valence-corrected chi connectivity index (χ1v) is 6.92. The van der Waals surface area contributed by atoms with E-state index in [1.165, 1.54) is 0 Å². The summed E-state index contributed by atoms with van der Waals surface area (Å²) < 4.78 is 5.66. The fraction of sp³-hybridized carbons (Fsp3) is 0.467. The van der Waals surface area contributed by atoms with Crippen molar-refractivity contribution in [3.63, 3.8) is 0 Å². The van der Waals surface area contributed by atoms with Gasteiger partial charge in [-0.1, -0.05) is 30.3 Å². The predicted octanol–water partition coefficient (Wildman–Crippen LogP) is 2.38. The number of H-pyrrole nitrogens is 1. The molecule has 1 heterocycles. The fourth-order valence-corrected chi connectivity index (χ4v) is 2.13. The highest BCUT2D eigenvalue weighted by atomic mass is 16.5. The lowest BCUT2D eigenvalue weighted by molar-refractivity contribution is -0.00901. The van der Waals surface area contributed by atoms with Gasteiger partial charge in [-0.25, -0.2) is 0 Å². The zero-order valence-electron chi connectivity index (χ0n) is 12.3. The van der Waals surface area contributed by atoms with Crippen molar-refractivity contribution in [3.05, 3.63) is 36.0 Å². The molecule has 1 aromatic heterocycles. The van der Waals surface area contributed by atoms with Crippen LogP contribution < -0.4 is 5.32 Å². The van der Waals surface area contributed by atoms with Gasteiger partial charge in [0.15, 0.2) is 0 Å². The van der Waals surface area contributed by atoms with E-state index in [-0.39, 0.29) is 5.60 Å². The molecule has 0 saturated heterocycles. The lowest BCUT2D eigenvalue weighted by atomic mass is 10.1. The van der Waals surface area contributed by atoms with Crippen molar-refractivity contribution in [2.75, 3.05) is 13.2 Å². The van der Waals surface area contributed by atoms with Gasteiger partial charge >= 0.3 is 0 Å². The topological polar surface area (TPSA) is 62.8 Å². The van der Waals surface area contributed by atoms with Crippen LogP contribution in [0.2, 0.25) is 0 Å². The van der Waals surface area contributed by atoms with Crippen molar-refractivity contribution in [2.24, 2.45) is 0 Å². The molecule has 0 spiro atoms. The number of ether oxygens (including phenoxy) is 1. The van der Waals surface area contributed by atoms with Crippen molar-refractivity contribution in [3.8, 4) is 11.3 Å². The molecule has 0 saturated carbocycles. The Hall–Kier alpha value is -1.72. The molecule has 5 heteroatoms. The van der Waals surface area contributed by atoms with Crippen LogP contribution in [-0.4, -0.2) is 34.2 Å². The quantitative estimate of drug-likeness (QED) is 0.813. The summed E-state index contributed by atoms with van der Waals surface area (Å²) in [6.07, 6.45) is 0. The maximum Gasteiger partial charge on any atom is 0.117 e. The van der Waals surface area contributed by atoms with Gasteiger partial charge in [0, 0.05) is 25.3 Å². The van der Waals surface area contributed by atoms with Crippen LogP contribution in [0.3, 0.4) is 0 Å². The van der Waals surface area contributed by atoms with Crippen LogP contribution >= 0.6 is 0 Å².